The van der Waals surface area contributed by atoms with Gasteiger partial charge in [0.1, 0.15) is 5.75 Å². The summed E-state index contributed by atoms with van der Waals surface area (Å²) in [5.41, 5.74) is 9.34. The molecular formula is C18H28N2O. The number of piperidine rings is 1. The van der Waals surface area contributed by atoms with Gasteiger partial charge in [0.25, 0.3) is 0 Å². The minimum absolute atomic E-state index is 0.108. The maximum atomic E-state index is 6.66. The topological polar surface area (TPSA) is 38.5 Å². The van der Waals surface area contributed by atoms with Gasteiger partial charge in [-0.05, 0) is 68.3 Å². The molecule has 4 atom stereocenters. The maximum Gasteiger partial charge on any atom is 0.119 e. The third kappa shape index (κ3) is 2.69. The third-order valence-electron chi connectivity index (χ3n) is 5.68. The zero-order valence-electron chi connectivity index (χ0n) is 13.5. The molecule has 1 aliphatic heterocycles. The zero-order valence-corrected chi connectivity index (χ0v) is 13.5. The Bertz CT molecular complexity index is 502. The average Bonchev–Trinajstić information content (AvgIpc) is 2.51. The molecule has 1 fully saturated rings. The minimum atomic E-state index is 0.108. The molecule has 0 bridgehead atoms. The Morgan fingerprint density at radius 2 is 2.05 bits per heavy atom. The van der Waals surface area contributed by atoms with E-state index < -0.39 is 0 Å². The number of methoxy groups -OCH3 is 1. The fourth-order valence-corrected chi connectivity index (χ4v) is 4.14. The van der Waals surface area contributed by atoms with Crippen LogP contribution in [0.15, 0.2) is 18.2 Å². The Kier molecular flexibility index (Phi) is 4.23. The van der Waals surface area contributed by atoms with E-state index in [4.69, 9.17) is 10.5 Å². The molecule has 1 aromatic carbocycles. The lowest BCUT2D eigenvalue weighted by atomic mass is 9.81. The minimum Gasteiger partial charge on any atom is -0.497 e. The van der Waals surface area contributed by atoms with Gasteiger partial charge in [-0.25, -0.2) is 0 Å². The summed E-state index contributed by atoms with van der Waals surface area (Å²) in [6.07, 6.45) is 4.97. The van der Waals surface area contributed by atoms with Crippen LogP contribution in [0.2, 0.25) is 0 Å². The Morgan fingerprint density at radius 1 is 1.24 bits per heavy atom. The van der Waals surface area contributed by atoms with Crippen molar-refractivity contribution in [2.75, 3.05) is 13.7 Å². The molecule has 1 saturated heterocycles. The van der Waals surface area contributed by atoms with Crippen LogP contribution >= 0.6 is 0 Å². The van der Waals surface area contributed by atoms with Crippen LogP contribution in [0, 0.1) is 5.92 Å². The number of nitrogens with zero attached hydrogens (tertiary/aromatic N) is 1. The average molecular weight is 288 g/mol. The highest BCUT2D eigenvalue weighted by Gasteiger charge is 2.36. The van der Waals surface area contributed by atoms with E-state index in [-0.39, 0.29) is 6.04 Å². The molecule has 116 valence electrons. The van der Waals surface area contributed by atoms with Crippen molar-refractivity contribution >= 4 is 0 Å². The first kappa shape index (κ1) is 14.9. The van der Waals surface area contributed by atoms with Crippen molar-refractivity contribution in [2.24, 2.45) is 11.7 Å². The van der Waals surface area contributed by atoms with Gasteiger partial charge in [-0.2, -0.15) is 0 Å². The summed E-state index contributed by atoms with van der Waals surface area (Å²) in [4.78, 5) is 2.67. The number of hydrogen-bond acceptors (Lipinski definition) is 3. The molecule has 0 saturated carbocycles. The summed E-state index contributed by atoms with van der Waals surface area (Å²) in [5.74, 6) is 1.70. The summed E-state index contributed by atoms with van der Waals surface area (Å²) in [6.45, 7) is 5.95. The van der Waals surface area contributed by atoms with Crippen LogP contribution in [0.25, 0.3) is 0 Å². The number of likely N-dealkylation sites (tertiary alicyclic amines) is 1. The highest BCUT2D eigenvalue weighted by atomic mass is 16.5. The van der Waals surface area contributed by atoms with Gasteiger partial charge in [0, 0.05) is 18.1 Å². The van der Waals surface area contributed by atoms with Crippen molar-refractivity contribution in [3.8, 4) is 5.75 Å². The van der Waals surface area contributed by atoms with E-state index >= 15 is 0 Å². The molecule has 0 radical (unpaired) electrons. The number of hydrogen-bond donors (Lipinski definition) is 1. The van der Waals surface area contributed by atoms with Gasteiger partial charge in [-0.3, -0.25) is 4.90 Å². The molecule has 21 heavy (non-hydrogen) atoms. The second-order valence-corrected chi connectivity index (χ2v) is 6.79. The monoisotopic (exact) mass is 288 g/mol. The van der Waals surface area contributed by atoms with Gasteiger partial charge in [0.2, 0.25) is 0 Å². The second-order valence-electron chi connectivity index (χ2n) is 6.79. The quantitative estimate of drug-likeness (QED) is 0.908. The smallest absolute Gasteiger partial charge is 0.119 e. The van der Waals surface area contributed by atoms with Crippen LogP contribution < -0.4 is 10.5 Å². The van der Waals surface area contributed by atoms with Crippen molar-refractivity contribution in [2.45, 2.75) is 57.7 Å². The molecule has 0 aromatic heterocycles. The van der Waals surface area contributed by atoms with E-state index in [1.54, 1.807) is 7.11 Å². The molecule has 0 amide bonds. The van der Waals surface area contributed by atoms with E-state index in [1.165, 1.54) is 36.9 Å². The highest BCUT2D eigenvalue weighted by molar-refractivity contribution is 5.40. The second kappa shape index (κ2) is 5.98. The number of aryl methyl sites for hydroxylation is 1. The molecule has 1 aliphatic carbocycles. The number of rotatable bonds is 2. The first-order valence-electron chi connectivity index (χ1n) is 8.30. The lowest BCUT2D eigenvalue weighted by Crippen LogP contribution is -2.53. The van der Waals surface area contributed by atoms with Gasteiger partial charge in [0.15, 0.2) is 0 Å². The van der Waals surface area contributed by atoms with Crippen molar-refractivity contribution in [1.82, 2.24) is 4.90 Å². The molecule has 0 spiro atoms. The predicted molar refractivity (Wildman–Crippen MR) is 86.6 cm³/mol. The molecule has 3 heteroatoms. The predicted octanol–water partition coefficient (Wildman–Crippen LogP) is 3.13. The Hall–Kier alpha value is -1.06. The van der Waals surface area contributed by atoms with Crippen molar-refractivity contribution in [1.29, 1.82) is 0 Å². The van der Waals surface area contributed by atoms with Gasteiger partial charge in [-0.15, -0.1) is 0 Å². The molecule has 1 heterocycles. The van der Waals surface area contributed by atoms with Crippen LogP contribution in [0.1, 0.15) is 50.3 Å². The van der Waals surface area contributed by atoms with E-state index in [0.29, 0.717) is 12.1 Å². The fourth-order valence-electron chi connectivity index (χ4n) is 4.14. The van der Waals surface area contributed by atoms with Crippen molar-refractivity contribution in [3.63, 3.8) is 0 Å². The molecule has 3 nitrogen and oxygen atoms in total. The first-order valence-corrected chi connectivity index (χ1v) is 8.30. The molecular weight excluding hydrogens is 260 g/mol. The summed E-state index contributed by atoms with van der Waals surface area (Å²) < 4.78 is 5.38. The van der Waals surface area contributed by atoms with Crippen molar-refractivity contribution in [3.05, 3.63) is 29.3 Å². The summed E-state index contributed by atoms with van der Waals surface area (Å²) in [5, 5.41) is 0. The zero-order chi connectivity index (χ0) is 15.0. The van der Waals surface area contributed by atoms with Crippen LogP contribution in [0.3, 0.4) is 0 Å². The number of benzene rings is 1. The molecule has 3 rings (SSSR count). The number of fused-ring (bicyclic) bond motifs is 1. The SMILES string of the molecule is COc1ccc2c(c1)C(N)C(N1CCCC(C)C1C)CC2. The molecule has 4 unspecified atom stereocenters. The van der Waals surface area contributed by atoms with Gasteiger partial charge < -0.3 is 10.5 Å². The fraction of sp³-hybridized carbons (Fsp3) is 0.667. The van der Waals surface area contributed by atoms with Crippen LogP contribution in [0.4, 0.5) is 0 Å². The Balaban J connectivity index is 1.85. The lowest BCUT2D eigenvalue weighted by Gasteiger charge is -2.47. The molecule has 2 N–H and O–H groups in total. The third-order valence-corrected chi connectivity index (χ3v) is 5.68. The standard InChI is InChI=1S/C18H28N2O/c1-12-5-4-10-20(13(12)2)17-9-7-14-6-8-15(21-3)11-16(14)18(17)19/h6,8,11-13,17-18H,4-5,7,9-10,19H2,1-3H3. The maximum absolute atomic E-state index is 6.66. The number of ether oxygens (including phenoxy) is 1. The summed E-state index contributed by atoms with van der Waals surface area (Å²) in [7, 11) is 1.72. The van der Waals surface area contributed by atoms with Crippen molar-refractivity contribution < 1.29 is 4.74 Å². The van der Waals surface area contributed by atoms with Gasteiger partial charge >= 0.3 is 0 Å². The van der Waals surface area contributed by atoms with E-state index in [2.05, 4.69) is 36.9 Å². The van der Waals surface area contributed by atoms with E-state index in [9.17, 15) is 0 Å². The van der Waals surface area contributed by atoms with E-state index in [1.807, 2.05) is 0 Å². The normalized spacial score (nSPS) is 33.5. The lowest BCUT2D eigenvalue weighted by molar-refractivity contribution is 0.0485. The van der Waals surface area contributed by atoms with Crippen LogP contribution in [-0.4, -0.2) is 30.6 Å². The van der Waals surface area contributed by atoms with Gasteiger partial charge in [-0.1, -0.05) is 13.0 Å². The molecule has 1 aromatic rings. The Morgan fingerprint density at radius 3 is 2.81 bits per heavy atom. The van der Waals surface area contributed by atoms with Gasteiger partial charge in [0.05, 0.1) is 7.11 Å². The highest BCUT2D eigenvalue weighted by Crippen LogP contribution is 2.37. The van der Waals surface area contributed by atoms with Crippen LogP contribution in [-0.2, 0) is 6.42 Å². The van der Waals surface area contributed by atoms with Crippen LogP contribution in [0.5, 0.6) is 5.75 Å². The molecule has 2 aliphatic rings. The largest absolute Gasteiger partial charge is 0.497 e. The first-order chi connectivity index (χ1) is 10.1. The summed E-state index contributed by atoms with van der Waals surface area (Å²) >= 11 is 0. The number of nitrogens with two attached hydrogens (primary N) is 1. The van der Waals surface area contributed by atoms with E-state index in [0.717, 1.165) is 18.1 Å². The Labute approximate surface area is 128 Å². The summed E-state index contributed by atoms with van der Waals surface area (Å²) in [6, 6.07) is 7.61.